The molecule has 0 heterocycles. The molecule has 0 saturated carbocycles. The second-order valence-electron chi connectivity index (χ2n) is 5.72. The molecular formula is C21H22N2O4. The number of nitrogens with one attached hydrogen (secondary N) is 2. The van der Waals surface area contributed by atoms with Crippen molar-refractivity contribution in [2.45, 2.75) is 12.8 Å². The first-order valence-electron chi connectivity index (χ1n) is 8.58. The molecule has 0 aliphatic rings. The van der Waals surface area contributed by atoms with Gasteiger partial charge in [0.05, 0.1) is 7.11 Å². The van der Waals surface area contributed by atoms with Gasteiger partial charge in [-0.15, -0.1) is 0 Å². The molecule has 0 bridgehead atoms. The molecule has 0 atom stereocenters. The predicted octanol–water partition coefficient (Wildman–Crippen LogP) is 2.53. The summed E-state index contributed by atoms with van der Waals surface area (Å²) in [5, 5.41) is 5.37. The fourth-order valence-corrected chi connectivity index (χ4v) is 2.29. The van der Waals surface area contributed by atoms with E-state index in [2.05, 4.69) is 15.4 Å². The summed E-state index contributed by atoms with van der Waals surface area (Å²) < 4.78 is 4.57. The molecule has 2 aromatic rings. The van der Waals surface area contributed by atoms with Crippen molar-refractivity contribution in [1.82, 2.24) is 10.6 Å². The lowest BCUT2D eigenvalue weighted by Gasteiger charge is -2.11. The van der Waals surface area contributed by atoms with Crippen LogP contribution in [0.4, 0.5) is 0 Å². The van der Waals surface area contributed by atoms with Gasteiger partial charge in [0, 0.05) is 18.5 Å². The number of carbonyl (C=O) groups is 3. The highest BCUT2D eigenvalue weighted by Gasteiger charge is 2.14. The first-order chi connectivity index (χ1) is 13.1. The van der Waals surface area contributed by atoms with Crippen LogP contribution < -0.4 is 10.6 Å². The molecule has 0 aliphatic heterocycles. The molecule has 2 aromatic carbocycles. The minimum Gasteiger partial charge on any atom is -0.469 e. The summed E-state index contributed by atoms with van der Waals surface area (Å²) in [4.78, 5) is 36.1. The van der Waals surface area contributed by atoms with Gasteiger partial charge in [0.2, 0.25) is 0 Å². The van der Waals surface area contributed by atoms with Crippen LogP contribution in [0, 0.1) is 0 Å². The van der Waals surface area contributed by atoms with Crippen LogP contribution in [-0.2, 0) is 14.3 Å². The molecule has 0 aromatic heterocycles. The molecule has 2 N–H and O–H groups in total. The van der Waals surface area contributed by atoms with Gasteiger partial charge in [0.15, 0.2) is 0 Å². The van der Waals surface area contributed by atoms with Crippen LogP contribution in [0.15, 0.2) is 66.4 Å². The molecule has 6 nitrogen and oxygen atoms in total. The van der Waals surface area contributed by atoms with Gasteiger partial charge in [0.25, 0.3) is 11.8 Å². The van der Waals surface area contributed by atoms with Gasteiger partial charge < -0.3 is 15.4 Å². The Hall–Kier alpha value is -3.41. The van der Waals surface area contributed by atoms with E-state index < -0.39 is 5.91 Å². The lowest BCUT2D eigenvalue weighted by atomic mass is 10.1. The van der Waals surface area contributed by atoms with Crippen molar-refractivity contribution >= 4 is 23.9 Å². The number of amides is 2. The second-order valence-corrected chi connectivity index (χ2v) is 5.72. The Morgan fingerprint density at radius 1 is 0.963 bits per heavy atom. The molecule has 0 fully saturated rings. The van der Waals surface area contributed by atoms with E-state index in [0.717, 1.165) is 5.56 Å². The van der Waals surface area contributed by atoms with Crippen molar-refractivity contribution in [2.75, 3.05) is 13.7 Å². The monoisotopic (exact) mass is 366 g/mol. The Morgan fingerprint density at radius 3 is 2.22 bits per heavy atom. The average molecular weight is 366 g/mol. The summed E-state index contributed by atoms with van der Waals surface area (Å²) in [5.74, 6) is -1.13. The maximum absolute atomic E-state index is 12.5. The van der Waals surface area contributed by atoms with Crippen molar-refractivity contribution in [3.63, 3.8) is 0 Å². The van der Waals surface area contributed by atoms with Gasteiger partial charge in [-0.05, 0) is 30.2 Å². The molecule has 0 unspecified atom stereocenters. The Bertz CT molecular complexity index is 801. The van der Waals surface area contributed by atoms with E-state index in [1.165, 1.54) is 7.11 Å². The van der Waals surface area contributed by atoms with E-state index in [1.807, 2.05) is 36.4 Å². The zero-order valence-electron chi connectivity index (χ0n) is 15.1. The standard InChI is InChI=1S/C21H22N2O4/c1-27-19(24)13-8-14-22-21(26)18(15-16-9-4-2-5-10-16)23-20(25)17-11-6-3-7-12-17/h2-7,9-12,15H,8,13-14H2,1H3,(H,22,26)(H,23,25)/b18-15-. The highest BCUT2D eigenvalue weighted by molar-refractivity contribution is 6.05. The van der Waals surface area contributed by atoms with Gasteiger partial charge in [-0.3, -0.25) is 14.4 Å². The van der Waals surface area contributed by atoms with E-state index in [1.54, 1.807) is 30.3 Å². The van der Waals surface area contributed by atoms with Crippen molar-refractivity contribution < 1.29 is 19.1 Å². The highest BCUT2D eigenvalue weighted by Crippen LogP contribution is 2.07. The van der Waals surface area contributed by atoms with Crippen LogP contribution in [-0.4, -0.2) is 31.4 Å². The normalized spacial score (nSPS) is 10.8. The van der Waals surface area contributed by atoms with E-state index in [0.29, 0.717) is 18.5 Å². The zero-order valence-corrected chi connectivity index (χ0v) is 15.1. The third kappa shape index (κ3) is 6.78. The summed E-state index contributed by atoms with van der Waals surface area (Å²) in [6.07, 6.45) is 2.27. The number of ether oxygens (including phenoxy) is 1. The topological polar surface area (TPSA) is 84.5 Å². The Labute approximate surface area is 158 Å². The number of rotatable bonds is 8. The number of carbonyl (C=O) groups excluding carboxylic acids is 3. The summed E-state index contributed by atoms with van der Waals surface area (Å²) >= 11 is 0. The van der Waals surface area contributed by atoms with Crippen LogP contribution in [0.5, 0.6) is 0 Å². The summed E-state index contributed by atoms with van der Waals surface area (Å²) in [6.45, 7) is 0.293. The minimum atomic E-state index is -0.423. The Morgan fingerprint density at radius 2 is 1.59 bits per heavy atom. The fourth-order valence-electron chi connectivity index (χ4n) is 2.29. The molecule has 0 aliphatic carbocycles. The minimum absolute atomic E-state index is 0.133. The van der Waals surface area contributed by atoms with Crippen molar-refractivity contribution in [3.05, 3.63) is 77.5 Å². The number of esters is 1. The van der Waals surface area contributed by atoms with Crippen LogP contribution in [0.25, 0.3) is 6.08 Å². The largest absolute Gasteiger partial charge is 0.469 e. The van der Waals surface area contributed by atoms with E-state index in [-0.39, 0.29) is 24.0 Å². The summed E-state index contributed by atoms with van der Waals surface area (Å²) in [5.41, 5.74) is 1.37. The van der Waals surface area contributed by atoms with Crippen molar-refractivity contribution in [1.29, 1.82) is 0 Å². The van der Waals surface area contributed by atoms with Crippen LogP contribution in [0.3, 0.4) is 0 Å². The lowest BCUT2D eigenvalue weighted by molar-refractivity contribution is -0.140. The third-order valence-electron chi connectivity index (χ3n) is 3.71. The molecule has 6 heteroatoms. The van der Waals surface area contributed by atoms with Crippen LogP contribution in [0.1, 0.15) is 28.8 Å². The zero-order chi connectivity index (χ0) is 19.5. The third-order valence-corrected chi connectivity index (χ3v) is 3.71. The van der Waals surface area contributed by atoms with E-state index in [9.17, 15) is 14.4 Å². The average Bonchev–Trinajstić information content (AvgIpc) is 2.71. The first-order valence-corrected chi connectivity index (χ1v) is 8.58. The van der Waals surface area contributed by atoms with Crippen LogP contribution in [0.2, 0.25) is 0 Å². The molecule has 2 rings (SSSR count). The van der Waals surface area contributed by atoms with Gasteiger partial charge in [-0.25, -0.2) is 0 Å². The summed E-state index contributed by atoms with van der Waals surface area (Å²) in [7, 11) is 1.32. The van der Waals surface area contributed by atoms with Crippen molar-refractivity contribution in [3.8, 4) is 0 Å². The number of methoxy groups -OCH3 is 1. The van der Waals surface area contributed by atoms with Gasteiger partial charge in [0.1, 0.15) is 5.70 Å². The molecule has 27 heavy (non-hydrogen) atoms. The number of hydrogen-bond acceptors (Lipinski definition) is 4. The van der Waals surface area contributed by atoms with Crippen LogP contribution >= 0.6 is 0 Å². The quantitative estimate of drug-likeness (QED) is 0.427. The van der Waals surface area contributed by atoms with Gasteiger partial charge >= 0.3 is 5.97 Å². The fraction of sp³-hybridized carbons (Fsp3) is 0.190. The molecule has 0 saturated heterocycles. The molecule has 0 spiro atoms. The second kappa shape index (κ2) is 10.6. The summed E-state index contributed by atoms with van der Waals surface area (Å²) in [6, 6.07) is 17.9. The first kappa shape index (κ1) is 19.9. The molecule has 0 radical (unpaired) electrons. The Balaban J connectivity index is 2.08. The number of benzene rings is 2. The smallest absolute Gasteiger partial charge is 0.305 e. The molecular weight excluding hydrogens is 344 g/mol. The predicted molar refractivity (Wildman–Crippen MR) is 103 cm³/mol. The van der Waals surface area contributed by atoms with Gasteiger partial charge in [-0.1, -0.05) is 48.5 Å². The maximum Gasteiger partial charge on any atom is 0.305 e. The van der Waals surface area contributed by atoms with Crippen molar-refractivity contribution in [2.24, 2.45) is 0 Å². The SMILES string of the molecule is COC(=O)CCCNC(=O)/C(=C/c1ccccc1)NC(=O)c1ccccc1. The number of hydrogen-bond donors (Lipinski definition) is 2. The van der Waals surface area contributed by atoms with Gasteiger partial charge in [-0.2, -0.15) is 0 Å². The molecule has 2 amide bonds. The molecule has 140 valence electrons. The van der Waals surface area contributed by atoms with E-state index in [4.69, 9.17) is 0 Å². The maximum atomic E-state index is 12.5. The lowest BCUT2D eigenvalue weighted by Crippen LogP contribution is -2.35. The highest BCUT2D eigenvalue weighted by atomic mass is 16.5. The van der Waals surface area contributed by atoms with E-state index >= 15 is 0 Å². The Kier molecular flexibility index (Phi) is 7.78.